The van der Waals surface area contributed by atoms with Crippen LogP contribution in [-0.2, 0) is 4.43 Å². The van der Waals surface area contributed by atoms with Gasteiger partial charge in [-0.05, 0) is 24.6 Å². The van der Waals surface area contributed by atoms with Crippen LogP contribution in [0.2, 0.25) is 18.1 Å². The van der Waals surface area contributed by atoms with Gasteiger partial charge in [0.15, 0.2) is 8.32 Å². The molecule has 0 heterocycles. The van der Waals surface area contributed by atoms with E-state index in [2.05, 4.69) is 33.9 Å². The highest BCUT2D eigenvalue weighted by molar-refractivity contribution is 6.74. The summed E-state index contributed by atoms with van der Waals surface area (Å²) >= 11 is 5.79. The molecule has 1 N–H and O–H groups in total. The molecular formula is C10H23ClO2Si. The van der Waals surface area contributed by atoms with E-state index < -0.39 is 8.32 Å². The monoisotopic (exact) mass is 238 g/mol. The first-order valence-corrected chi connectivity index (χ1v) is 8.53. The number of alkyl halides is 1. The van der Waals surface area contributed by atoms with Crippen LogP contribution in [-0.4, -0.2) is 32.0 Å². The maximum atomic E-state index is 8.84. The van der Waals surface area contributed by atoms with Gasteiger partial charge in [-0.3, -0.25) is 0 Å². The lowest BCUT2D eigenvalue weighted by atomic mass is 10.2. The summed E-state index contributed by atoms with van der Waals surface area (Å²) in [5.74, 6) is 0.465. The zero-order valence-electron chi connectivity index (χ0n) is 9.93. The van der Waals surface area contributed by atoms with E-state index in [0.29, 0.717) is 12.3 Å². The van der Waals surface area contributed by atoms with Gasteiger partial charge in [-0.15, -0.1) is 11.6 Å². The molecule has 0 aliphatic rings. The van der Waals surface area contributed by atoms with Crippen molar-refractivity contribution in [2.75, 3.05) is 12.5 Å². The molecule has 14 heavy (non-hydrogen) atoms. The smallest absolute Gasteiger partial charge is 0.192 e. The fraction of sp³-hybridized carbons (Fsp3) is 1.00. The second-order valence-corrected chi connectivity index (χ2v) is 10.2. The molecule has 0 aromatic heterocycles. The third-order valence-electron chi connectivity index (χ3n) is 2.89. The van der Waals surface area contributed by atoms with E-state index in [1.165, 1.54) is 0 Å². The topological polar surface area (TPSA) is 29.5 Å². The van der Waals surface area contributed by atoms with E-state index in [0.717, 1.165) is 0 Å². The summed E-state index contributed by atoms with van der Waals surface area (Å²) in [5.41, 5.74) is 0. The summed E-state index contributed by atoms with van der Waals surface area (Å²) in [7, 11) is -1.72. The average molecular weight is 239 g/mol. The fourth-order valence-corrected chi connectivity index (χ4v) is 2.62. The molecule has 0 unspecified atom stereocenters. The summed E-state index contributed by atoms with van der Waals surface area (Å²) in [6.45, 7) is 11.1. The van der Waals surface area contributed by atoms with Gasteiger partial charge in [-0.2, -0.15) is 0 Å². The van der Waals surface area contributed by atoms with E-state index in [1.54, 1.807) is 0 Å². The maximum Gasteiger partial charge on any atom is 0.192 e. The molecule has 4 heteroatoms. The molecule has 0 radical (unpaired) electrons. The van der Waals surface area contributed by atoms with Crippen LogP contribution in [0.25, 0.3) is 0 Å². The van der Waals surface area contributed by atoms with Gasteiger partial charge in [0.1, 0.15) is 0 Å². The third-order valence-corrected chi connectivity index (χ3v) is 7.77. The van der Waals surface area contributed by atoms with Crippen molar-refractivity contribution in [2.24, 2.45) is 0 Å². The van der Waals surface area contributed by atoms with Crippen LogP contribution in [0.5, 0.6) is 0 Å². The molecule has 0 saturated heterocycles. The summed E-state index contributed by atoms with van der Waals surface area (Å²) in [6, 6.07) is 0. The number of rotatable bonds is 5. The molecule has 86 valence electrons. The molecule has 0 spiro atoms. The van der Waals surface area contributed by atoms with Crippen molar-refractivity contribution in [1.29, 1.82) is 0 Å². The minimum absolute atomic E-state index is 0.00237. The third kappa shape index (κ3) is 4.30. The zero-order valence-corrected chi connectivity index (χ0v) is 11.7. The molecule has 1 atom stereocenters. The van der Waals surface area contributed by atoms with E-state index in [1.807, 2.05) is 0 Å². The highest BCUT2D eigenvalue weighted by atomic mass is 35.5. The molecular weight excluding hydrogens is 216 g/mol. The lowest BCUT2D eigenvalue weighted by molar-refractivity contribution is 0.156. The second-order valence-electron chi connectivity index (χ2n) is 5.17. The van der Waals surface area contributed by atoms with Gasteiger partial charge in [0.05, 0.1) is 6.10 Å². The van der Waals surface area contributed by atoms with Crippen molar-refractivity contribution < 1.29 is 9.53 Å². The summed E-state index contributed by atoms with van der Waals surface area (Å²) in [6.07, 6.45) is 0.637. The van der Waals surface area contributed by atoms with E-state index in [-0.39, 0.29) is 17.7 Å². The van der Waals surface area contributed by atoms with Gasteiger partial charge in [0.25, 0.3) is 0 Å². The molecule has 0 aliphatic carbocycles. The second kappa shape index (κ2) is 5.49. The van der Waals surface area contributed by atoms with Crippen LogP contribution < -0.4 is 0 Å². The van der Waals surface area contributed by atoms with E-state index >= 15 is 0 Å². The predicted octanol–water partition coefficient (Wildman–Crippen LogP) is 3.00. The van der Waals surface area contributed by atoms with Crippen molar-refractivity contribution >= 4 is 19.9 Å². The highest BCUT2D eigenvalue weighted by Gasteiger charge is 2.38. The van der Waals surface area contributed by atoms with Crippen LogP contribution in [0.4, 0.5) is 0 Å². The first-order valence-electron chi connectivity index (χ1n) is 5.09. The number of hydrogen-bond acceptors (Lipinski definition) is 2. The first kappa shape index (κ1) is 14.4. The van der Waals surface area contributed by atoms with Crippen LogP contribution >= 0.6 is 11.6 Å². The lowest BCUT2D eigenvalue weighted by Gasteiger charge is -2.38. The Balaban J connectivity index is 4.32. The van der Waals surface area contributed by atoms with Gasteiger partial charge in [0, 0.05) is 12.5 Å². The molecule has 0 bridgehead atoms. The summed E-state index contributed by atoms with van der Waals surface area (Å²) in [5, 5.41) is 9.05. The Morgan fingerprint density at radius 2 is 1.86 bits per heavy atom. The van der Waals surface area contributed by atoms with Crippen molar-refractivity contribution in [3.8, 4) is 0 Å². The molecule has 0 aliphatic heterocycles. The van der Waals surface area contributed by atoms with Gasteiger partial charge < -0.3 is 9.53 Å². The SMILES string of the molecule is CC(C)(C)[Si](C)(C)O[C@H](CCl)CCO. The van der Waals surface area contributed by atoms with Crippen molar-refractivity contribution in [2.45, 2.75) is 51.4 Å². The fourth-order valence-electron chi connectivity index (χ4n) is 0.905. The Kier molecular flexibility index (Phi) is 5.66. The molecule has 2 nitrogen and oxygen atoms in total. The molecule has 0 aromatic carbocycles. The normalized spacial score (nSPS) is 15.6. The van der Waals surface area contributed by atoms with Gasteiger partial charge >= 0.3 is 0 Å². The predicted molar refractivity (Wildman–Crippen MR) is 64.5 cm³/mol. The van der Waals surface area contributed by atoms with Gasteiger partial charge in [-0.25, -0.2) is 0 Å². The van der Waals surface area contributed by atoms with Gasteiger partial charge in [-0.1, -0.05) is 20.8 Å². The molecule has 0 rings (SSSR count). The van der Waals surface area contributed by atoms with E-state index in [4.69, 9.17) is 21.1 Å². The van der Waals surface area contributed by atoms with Crippen LogP contribution in [0, 0.1) is 0 Å². The Morgan fingerprint density at radius 1 is 1.36 bits per heavy atom. The molecule has 0 fully saturated rings. The zero-order chi connectivity index (χ0) is 11.4. The average Bonchev–Trinajstić information content (AvgIpc) is 2.01. The lowest BCUT2D eigenvalue weighted by Crippen LogP contribution is -2.44. The van der Waals surface area contributed by atoms with Gasteiger partial charge in [0.2, 0.25) is 0 Å². The molecule has 0 saturated carbocycles. The summed E-state index contributed by atoms with van der Waals surface area (Å²) in [4.78, 5) is 0. The number of aliphatic hydroxyl groups is 1. The van der Waals surface area contributed by atoms with Crippen LogP contribution in [0.15, 0.2) is 0 Å². The minimum atomic E-state index is -1.72. The van der Waals surface area contributed by atoms with Crippen LogP contribution in [0.1, 0.15) is 27.2 Å². The first-order chi connectivity index (χ1) is 6.24. The molecule has 0 aromatic rings. The Morgan fingerprint density at radius 3 is 2.14 bits per heavy atom. The Labute approximate surface area is 93.7 Å². The van der Waals surface area contributed by atoms with Crippen LogP contribution in [0.3, 0.4) is 0 Å². The van der Waals surface area contributed by atoms with Crippen molar-refractivity contribution in [3.63, 3.8) is 0 Å². The van der Waals surface area contributed by atoms with Crippen molar-refractivity contribution in [3.05, 3.63) is 0 Å². The van der Waals surface area contributed by atoms with E-state index in [9.17, 15) is 0 Å². The maximum absolute atomic E-state index is 8.84. The standard InChI is InChI=1S/C10H23ClO2Si/c1-10(2,3)14(4,5)13-9(8-11)6-7-12/h9,12H,6-8H2,1-5H3/t9-/m0/s1. The largest absolute Gasteiger partial charge is 0.413 e. The minimum Gasteiger partial charge on any atom is -0.413 e. The quantitative estimate of drug-likeness (QED) is 0.590. The number of halogens is 1. The Bertz CT molecular complexity index is 166. The molecule has 0 amide bonds. The van der Waals surface area contributed by atoms with Crippen molar-refractivity contribution in [1.82, 2.24) is 0 Å². The summed E-state index contributed by atoms with van der Waals surface area (Å²) < 4.78 is 6.04. The Hall–Kier alpha value is 0.427. The number of aliphatic hydroxyl groups excluding tert-OH is 1. The highest BCUT2D eigenvalue weighted by Crippen LogP contribution is 2.37. The number of hydrogen-bond donors (Lipinski definition) is 1.